The molecule has 0 fully saturated rings. The van der Waals surface area contributed by atoms with Gasteiger partial charge >= 0.3 is 5.97 Å². The molecule has 0 aliphatic rings. The van der Waals surface area contributed by atoms with Crippen molar-refractivity contribution in [2.24, 2.45) is 0 Å². The van der Waals surface area contributed by atoms with E-state index in [1.807, 2.05) is 6.92 Å². The molecule has 2 N–H and O–H groups in total. The van der Waals surface area contributed by atoms with Crippen LogP contribution < -0.4 is 0 Å². The first kappa shape index (κ1) is 9.70. The maximum Gasteiger partial charge on any atom is 0.314 e. The maximum atomic E-state index is 10.8. The van der Waals surface area contributed by atoms with E-state index < -0.39 is 11.9 Å². The average Bonchev–Trinajstić information content (AvgIpc) is 2.57. The zero-order valence-electron chi connectivity index (χ0n) is 7.53. The molecular formula is C8H13N3O2. The van der Waals surface area contributed by atoms with Gasteiger partial charge in [0.1, 0.15) is 18.1 Å². The third-order valence-electron chi connectivity index (χ3n) is 1.91. The summed E-state index contributed by atoms with van der Waals surface area (Å²) in [7, 11) is 0. The van der Waals surface area contributed by atoms with Crippen molar-refractivity contribution in [3.05, 3.63) is 12.2 Å². The molecule has 13 heavy (non-hydrogen) atoms. The lowest BCUT2D eigenvalue weighted by molar-refractivity contribution is -0.139. The Labute approximate surface area is 76.2 Å². The fraction of sp³-hybridized carbons (Fsp3) is 0.625. The number of nitrogens with zero attached hydrogens (tertiary/aromatic N) is 2. The van der Waals surface area contributed by atoms with E-state index in [1.165, 1.54) is 6.33 Å². The second-order valence-electron chi connectivity index (χ2n) is 2.90. The first-order valence-electron chi connectivity index (χ1n) is 4.33. The molecule has 5 nitrogen and oxygen atoms in total. The molecule has 0 saturated carbocycles. The van der Waals surface area contributed by atoms with Gasteiger partial charge in [-0.15, -0.1) is 0 Å². The largest absolute Gasteiger partial charge is 0.481 e. The molecule has 0 aliphatic heterocycles. The van der Waals surface area contributed by atoms with Crippen LogP contribution in [0.2, 0.25) is 0 Å². The topological polar surface area (TPSA) is 78.9 Å². The van der Waals surface area contributed by atoms with E-state index in [-0.39, 0.29) is 0 Å². The van der Waals surface area contributed by atoms with Gasteiger partial charge in [-0.25, -0.2) is 4.98 Å². The van der Waals surface area contributed by atoms with Crippen LogP contribution in [0.4, 0.5) is 0 Å². The molecule has 0 amide bonds. The molecule has 0 aliphatic carbocycles. The first-order valence-corrected chi connectivity index (χ1v) is 4.33. The second-order valence-corrected chi connectivity index (χ2v) is 2.90. The fourth-order valence-electron chi connectivity index (χ4n) is 1.17. The zero-order valence-corrected chi connectivity index (χ0v) is 7.53. The van der Waals surface area contributed by atoms with Crippen molar-refractivity contribution in [2.45, 2.75) is 32.1 Å². The molecule has 0 saturated heterocycles. The fourth-order valence-corrected chi connectivity index (χ4v) is 1.17. The summed E-state index contributed by atoms with van der Waals surface area (Å²) in [5.41, 5.74) is 0. The van der Waals surface area contributed by atoms with E-state index >= 15 is 0 Å². The van der Waals surface area contributed by atoms with Gasteiger partial charge in [-0.3, -0.25) is 9.89 Å². The minimum atomic E-state index is -0.842. The molecule has 0 spiro atoms. The highest BCUT2D eigenvalue weighted by atomic mass is 16.4. The molecule has 0 aromatic carbocycles. The molecule has 72 valence electrons. The van der Waals surface area contributed by atoms with E-state index in [0.717, 1.165) is 12.8 Å². The van der Waals surface area contributed by atoms with E-state index in [9.17, 15) is 4.79 Å². The maximum absolute atomic E-state index is 10.8. The summed E-state index contributed by atoms with van der Waals surface area (Å²) in [5, 5.41) is 15.1. The first-order chi connectivity index (χ1) is 6.25. The van der Waals surface area contributed by atoms with E-state index in [2.05, 4.69) is 15.2 Å². The van der Waals surface area contributed by atoms with Crippen LogP contribution in [0, 0.1) is 0 Å². The van der Waals surface area contributed by atoms with Crippen molar-refractivity contribution < 1.29 is 9.90 Å². The summed E-state index contributed by atoms with van der Waals surface area (Å²) in [6.07, 6.45) is 3.81. The molecule has 0 radical (unpaired) electrons. The molecule has 5 heteroatoms. The number of aromatic amines is 1. The molecule has 1 aromatic rings. The highest BCUT2D eigenvalue weighted by Gasteiger charge is 2.21. The summed E-state index contributed by atoms with van der Waals surface area (Å²) in [6.45, 7) is 2.03. The zero-order chi connectivity index (χ0) is 9.68. The molecule has 0 bridgehead atoms. The number of hydrogen-bond acceptors (Lipinski definition) is 3. The summed E-state index contributed by atoms with van der Waals surface area (Å²) < 4.78 is 0. The Balaban J connectivity index is 2.63. The van der Waals surface area contributed by atoms with Crippen LogP contribution in [0.3, 0.4) is 0 Å². The highest BCUT2D eigenvalue weighted by molar-refractivity contribution is 5.74. The lowest BCUT2D eigenvalue weighted by Gasteiger charge is -2.07. The van der Waals surface area contributed by atoms with Crippen molar-refractivity contribution in [1.82, 2.24) is 15.2 Å². The summed E-state index contributed by atoms with van der Waals surface area (Å²) in [5.74, 6) is -0.936. The Morgan fingerprint density at radius 3 is 3.00 bits per heavy atom. The van der Waals surface area contributed by atoms with Crippen LogP contribution in [-0.2, 0) is 4.79 Å². The van der Waals surface area contributed by atoms with Gasteiger partial charge in [0.15, 0.2) is 0 Å². The van der Waals surface area contributed by atoms with E-state index in [4.69, 9.17) is 5.11 Å². The van der Waals surface area contributed by atoms with Crippen LogP contribution in [0.1, 0.15) is 37.9 Å². The number of carbonyl (C=O) groups is 1. The predicted octanol–water partition coefficient (Wildman–Crippen LogP) is 1.16. The summed E-state index contributed by atoms with van der Waals surface area (Å²) in [6, 6.07) is 0. The predicted molar refractivity (Wildman–Crippen MR) is 46.3 cm³/mol. The lowest BCUT2D eigenvalue weighted by atomic mass is 10.0. The number of aromatic nitrogens is 3. The number of aliphatic carboxylic acids is 1. The Kier molecular flexibility index (Phi) is 3.42. The van der Waals surface area contributed by atoms with Crippen LogP contribution in [-0.4, -0.2) is 26.3 Å². The van der Waals surface area contributed by atoms with Gasteiger partial charge in [0.2, 0.25) is 0 Å². The van der Waals surface area contributed by atoms with Crippen molar-refractivity contribution in [3.8, 4) is 0 Å². The standard InChI is InChI=1S/C8H13N3O2/c1-2-3-4-6(8(12)13)7-9-5-10-11-7/h5-6H,2-4H2,1H3,(H,12,13)(H,9,10,11). The highest BCUT2D eigenvalue weighted by Crippen LogP contribution is 2.17. The summed E-state index contributed by atoms with van der Waals surface area (Å²) >= 11 is 0. The number of carboxylic acids is 1. The SMILES string of the molecule is CCCCC(C(=O)O)c1ncn[nH]1. The van der Waals surface area contributed by atoms with Gasteiger partial charge in [-0.2, -0.15) is 5.10 Å². The summed E-state index contributed by atoms with van der Waals surface area (Å²) in [4.78, 5) is 14.7. The lowest BCUT2D eigenvalue weighted by Crippen LogP contribution is -2.13. The third kappa shape index (κ3) is 2.54. The number of H-pyrrole nitrogens is 1. The van der Waals surface area contributed by atoms with Gasteiger partial charge in [0.25, 0.3) is 0 Å². The van der Waals surface area contributed by atoms with Crippen LogP contribution >= 0.6 is 0 Å². The monoisotopic (exact) mass is 183 g/mol. The Bertz CT molecular complexity index is 258. The normalized spacial score (nSPS) is 12.7. The van der Waals surface area contributed by atoms with Crippen LogP contribution in [0.15, 0.2) is 6.33 Å². The molecular weight excluding hydrogens is 170 g/mol. The quantitative estimate of drug-likeness (QED) is 0.718. The molecule has 1 aromatic heterocycles. The molecule has 1 heterocycles. The van der Waals surface area contributed by atoms with E-state index in [0.29, 0.717) is 12.2 Å². The van der Waals surface area contributed by atoms with Crippen molar-refractivity contribution in [3.63, 3.8) is 0 Å². The van der Waals surface area contributed by atoms with Crippen molar-refractivity contribution >= 4 is 5.97 Å². The molecule has 1 atom stereocenters. The number of hydrogen-bond donors (Lipinski definition) is 2. The van der Waals surface area contributed by atoms with Gasteiger partial charge < -0.3 is 5.11 Å². The Morgan fingerprint density at radius 1 is 1.77 bits per heavy atom. The Morgan fingerprint density at radius 2 is 2.54 bits per heavy atom. The minimum Gasteiger partial charge on any atom is -0.481 e. The van der Waals surface area contributed by atoms with E-state index in [1.54, 1.807) is 0 Å². The van der Waals surface area contributed by atoms with Crippen molar-refractivity contribution in [2.75, 3.05) is 0 Å². The Hall–Kier alpha value is -1.39. The molecule has 1 unspecified atom stereocenters. The average molecular weight is 183 g/mol. The minimum absolute atomic E-state index is 0.445. The van der Waals surface area contributed by atoms with Gasteiger partial charge in [-0.05, 0) is 6.42 Å². The number of carboxylic acid groups (broad SMARTS) is 1. The molecule has 1 rings (SSSR count). The second kappa shape index (κ2) is 4.59. The van der Waals surface area contributed by atoms with Crippen LogP contribution in [0.25, 0.3) is 0 Å². The van der Waals surface area contributed by atoms with Gasteiger partial charge in [0, 0.05) is 0 Å². The van der Waals surface area contributed by atoms with Gasteiger partial charge in [-0.1, -0.05) is 19.8 Å². The van der Waals surface area contributed by atoms with Crippen LogP contribution in [0.5, 0.6) is 0 Å². The number of unbranched alkanes of at least 4 members (excludes halogenated alkanes) is 1. The third-order valence-corrected chi connectivity index (χ3v) is 1.91. The number of nitrogens with one attached hydrogen (secondary N) is 1. The van der Waals surface area contributed by atoms with Gasteiger partial charge in [0.05, 0.1) is 0 Å². The smallest absolute Gasteiger partial charge is 0.314 e. The number of rotatable bonds is 5. The van der Waals surface area contributed by atoms with Crippen molar-refractivity contribution in [1.29, 1.82) is 0 Å².